The maximum absolute atomic E-state index is 12.0. The number of amides is 1. The summed E-state index contributed by atoms with van der Waals surface area (Å²) in [5.41, 5.74) is 0. The van der Waals surface area contributed by atoms with Crippen LogP contribution in [0.2, 0.25) is 0 Å². The third-order valence-corrected chi connectivity index (χ3v) is 4.15. The number of rotatable bonds is 8. The van der Waals surface area contributed by atoms with Gasteiger partial charge in [0.1, 0.15) is 4.88 Å². The number of ether oxygens (including phenoxy) is 2. The molecule has 23 heavy (non-hydrogen) atoms. The lowest BCUT2D eigenvalue weighted by atomic mass is 10.2. The van der Waals surface area contributed by atoms with Gasteiger partial charge in [-0.2, -0.15) is 0 Å². The van der Waals surface area contributed by atoms with E-state index >= 15 is 0 Å². The van der Waals surface area contributed by atoms with E-state index in [9.17, 15) is 9.59 Å². The Morgan fingerprint density at radius 2 is 2.04 bits per heavy atom. The van der Waals surface area contributed by atoms with Crippen LogP contribution in [0.4, 0.5) is 0 Å². The first-order chi connectivity index (χ1) is 11.1. The molecule has 1 heterocycles. The molecular formula is C17H21NO4S. The molecule has 1 aromatic heterocycles. The van der Waals surface area contributed by atoms with Crippen molar-refractivity contribution in [3.05, 3.63) is 35.2 Å². The van der Waals surface area contributed by atoms with Gasteiger partial charge in [0.25, 0.3) is 5.91 Å². The Labute approximate surface area is 139 Å². The summed E-state index contributed by atoms with van der Waals surface area (Å²) in [7, 11) is 0. The van der Waals surface area contributed by atoms with Gasteiger partial charge in [-0.05, 0) is 37.8 Å². The zero-order chi connectivity index (χ0) is 16.7. The molecule has 2 aromatic rings. The van der Waals surface area contributed by atoms with E-state index in [1.54, 1.807) is 6.07 Å². The topological polar surface area (TPSA) is 64.6 Å². The molecule has 0 aliphatic rings. The number of nitrogens with one attached hydrogen (secondary N) is 1. The second-order valence-corrected chi connectivity index (χ2v) is 6.43. The molecule has 0 unspecified atom stereocenters. The van der Waals surface area contributed by atoms with Gasteiger partial charge < -0.3 is 14.8 Å². The Morgan fingerprint density at radius 3 is 2.78 bits per heavy atom. The van der Waals surface area contributed by atoms with Crippen LogP contribution in [0.15, 0.2) is 30.3 Å². The zero-order valence-corrected chi connectivity index (χ0v) is 14.2. The molecule has 6 heteroatoms. The highest BCUT2D eigenvalue weighted by Gasteiger charge is 2.13. The lowest BCUT2D eigenvalue weighted by Crippen LogP contribution is -2.30. The minimum absolute atomic E-state index is 0.188. The number of carbonyl (C=O) groups excluding carboxylic acids is 2. The molecule has 1 amide bonds. The monoisotopic (exact) mass is 335 g/mol. The fourth-order valence-electron chi connectivity index (χ4n) is 1.95. The van der Waals surface area contributed by atoms with E-state index < -0.39 is 5.97 Å². The summed E-state index contributed by atoms with van der Waals surface area (Å²) in [6.07, 6.45) is 0.918. The van der Waals surface area contributed by atoms with E-state index in [2.05, 4.69) is 5.32 Å². The quantitative estimate of drug-likeness (QED) is 0.595. The van der Waals surface area contributed by atoms with Crippen molar-refractivity contribution in [3.63, 3.8) is 0 Å². The highest BCUT2D eigenvalue weighted by molar-refractivity contribution is 7.20. The fraction of sp³-hybridized carbons (Fsp3) is 0.412. The first-order valence-corrected chi connectivity index (χ1v) is 8.42. The van der Waals surface area contributed by atoms with Gasteiger partial charge in [-0.3, -0.25) is 4.79 Å². The molecule has 0 aliphatic carbocycles. The van der Waals surface area contributed by atoms with Crippen LogP contribution in [0.25, 0.3) is 10.1 Å². The predicted molar refractivity (Wildman–Crippen MR) is 90.8 cm³/mol. The van der Waals surface area contributed by atoms with Gasteiger partial charge in [-0.15, -0.1) is 11.3 Å². The molecule has 0 aliphatic heterocycles. The molecule has 1 N–H and O–H groups in total. The fourth-order valence-corrected chi connectivity index (χ4v) is 2.91. The van der Waals surface area contributed by atoms with Crippen molar-refractivity contribution >= 4 is 33.3 Å². The van der Waals surface area contributed by atoms with Crippen molar-refractivity contribution in [3.8, 4) is 0 Å². The van der Waals surface area contributed by atoms with Crippen LogP contribution in [0.5, 0.6) is 0 Å². The second-order valence-electron chi connectivity index (χ2n) is 5.35. The summed E-state index contributed by atoms with van der Waals surface area (Å²) in [4.78, 5) is 24.1. The van der Waals surface area contributed by atoms with Crippen LogP contribution in [-0.4, -0.2) is 37.7 Å². The number of hydrogen-bond donors (Lipinski definition) is 1. The third-order valence-electron chi connectivity index (χ3n) is 3.06. The summed E-state index contributed by atoms with van der Waals surface area (Å²) in [5.74, 6) is -0.770. The highest BCUT2D eigenvalue weighted by Crippen LogP contribution is 2.25. The first kappa shape index (κ1) is 17.4. The van der Waals surface area contributed by atoms with Gasteiger partial charge in [0.05, 0.1) is 6.10 Å². The largest absolute Gasteiger partial charge is 0.451 e. The molecule has 0 spiro atoms. The van der Waals surface area contributed by atoms with Gasteiger partial charge in [-0.25, -0.2) is 4.79 Å². The maximum atomic E-state index is 12.0. The number of benzene rings is 1. The lowest BCUT2D eigenvalue weighted by Gasteiger charge is -2.08. The summed E-state index contributed by atoms with van der Waals surface area (Å²) in [5, 5.41) is 3.70. The number of hydrogen-bond acceptors (Lipinski definition) is 5. The van der Waals surface area contributed by atoms with Crippen LogP contribution in [0, 0.1) is 0 Å². The Morgan fingerprint density at radius 1 is 1.26 bits per heavy atom. The number of esters is 1. The van der Waals surface area contributed by atoms with E-state index in [1.807, 2.05) is 38.1 Å². The third kappa shape index (κ3) is 5.65. The molecule has 0 radical (unpaired) electrons. The summed E-state index contributed by atoms with van der Waals surface area (Å²) in [6, 6.07) is 9.51. The number of carbonyl (C=O) groups is 2. The van der Waals surface area contributed by atoms with Gasteiger partial charge in [-0.1, -0.05) is 18.2 Å². The van der Waals surface area contributed by atoms with Crippen LogP contribution < -0.4 is 5.32 Å². The zero-order valence-electron chi connectivity index (χ0n) is 13.3. The highest BCUT2D eigenvalue weighted by atomic mass is 32.1. The van der Waals surface area contributed by atoms with E-state index in [0.717, 1.165) is 16.5 Å². The summed E-state index contributed by atoms with van der Waals surface area (Å²) >= 11 is 1.36. The van der Waals surface area contributed by atoms with Gasteiger partial charge >= 0.3 is 5.97 Å². The van der Waals surface area contributed by atoms with Crippen LogP contribution in [-0.2, 0) is 14.3 Å². The molecule has 124 valence electrons. The van der Waals surface area contributed by atoms with Crippen LogP contribution in [0.3, 0.4) is 0 Å². The molecule has 5 nitrogen and oxygen atoms in total. The Kier molecular flexibility index (Phi) is 6.55. The molecule has 0 fully saturated rings. The standard InChI is InChI=1S/C17H21NO4S/c1-12(2)21-9-5-8-18-16(19)11-22-17(20)15-10-13-6-3-4-7-14(13)23-15/h3-4,6-7,10,12H,5,8-9,11H2,1-2H3,(H,18,19). The van der Waals surface area contributed by atoms with Crippen LogP contribution in [0.1, 0.15) is 29.9 Å². The molecule has 0 saturated carbocycles. The van der Waals surface area contributed by atoms with Crippen molar-refractivity contribution in [1.82, 2.24) is 5.32 Å². The van der Waals surface area contributed by atoms with E-state index in [1.165, 1.54) is 11.3 Å². The van der Waals surface area contributed by atoms with E-state index in [0.29, 0.717) is 18.0 Å². The van der Waals surface area contributed by atoms with Crippen molar-refractivity contribution in [1.29, 1.82) is 0 Å². The minimum Gasteiger partial charge on any atom is -0.451 e. The summed E-state index contributed by atoms with van der Waals surface area (Å²) in [6.45, 7) is 4.77. The summed E-state index contributed by atoms with van der Waals surface area (Å²) < 4.78 is 11.4. The lowest BCUT2D eigenvalue weighted by molar-refractivity contribution is -0.124. The SMILES string of the molecule is CC(C)OCCCNC(=O)COC(=O)c1cc2ccccc2s1. The first-order valence-electron chi connectivity index (χ1n) is 7.60. The second kappa shape index (κ2) is 8.64. The molecule has 0 bridgehead atoms. The average Bonchev–Trinajstić information content (AvgIpc) is 2.96. The molecule has 0 saturated heterocycles. The Bertz CT molecular complexity index is 632. The van der Waals surface area contributed by atoms with E-state index in [-0.39, 0.29) is 18.6 Å². The minimum atomic E-state index is -0.468. The van der Waals surface area contributed by atoms with E-state index in [4.69, 9.17) is 9.47 Å². The van der Waals surface area contributed by atoms with Gasteiger partial charge in [0.15, 0.2) is 6.61 Å². The molecular weight excluding hydrogens is 314 g/mol. The molecule has 1 aromatic carbocycles. The number of fused-ring (bicyclic) bond motifs is 1. The molecule has 2 rings (SSSR count). The van der Waals surface area contributed by atoms with Crippen molar-refractivity contribution < 1.29 is 19.1 Å². The predicted octanol–water partition coefficient (Wildman–Crippen LogP) is 2.99. The van der Waals surface area contributed by atoms with Crippen LogP contribution >= 0.6 is 11.3 Å². The van der Waals surface area contributed by atoms with Crippen molar-refractivity contribution in [2.24, 2.45) is 0 Å². The smallest absolute Gasteiger partial charge is 0.348 e. The van der Waals surface area contributed by atoms with Crippen molar-refractivity contribution in [2.45, 2.75) is 26.4 Å². The number of thiophene rings is 1. The van der Waals surface area contributed by atoms with Gasteiger partial charge in [0.2, 0.25) is 0 Å². The Hall–Kier alpha value is -1.92. The average molecular weight is 335 g/mol. The van der Waals surface area contributed by atoms with Crippen molar-refractivity contribution in [2.75, 3.05) is 19.8 Å². The molecule has 0 atom stereocenters. The van der Waals surface area contributed by atoms with Gasteiger partial charge in [0, 0.05) is 17.9 Å². The maximum Gasteiger partial charge on any atom is 0.348 e. The normalized spacial score (nSPS) is 10.9. The Balaban J connectivity index is 1.70.